The maximum Gasteiger partial charge on any atom is 0.222 e. The molecule has 1 aliphatic carbocycles. The minimum Gasteiger partial charge on any atom is -0.342 e. The average molecular weight is 369 g/mol. The van der Waals surface area contributed by atoms with E-state index < -0.39 is 10.0 Å². The first-order valence-electron chi connectivity index (χ1n) is 9.90. The third-order valence-electron chi connectivity index (χ3n) is 5.97. The van der Waals surface area contributed by atoms with Crippen LogP contribution in [-0.2, 0) is 14.8 Å². The van der Waals surface area contributed by atoms with Crippen molar-refractivity contribution in [2.75, 3.05) is 31.9 Å². The Kier molecular flexibility index (Phi) is 6.21. The molecule has 0 aromatic carbocycles. The summed E-state index contributed by atoms with van der Waals surface area (Å²) >= 11 is 0. The van der Waals surface area contributed by atoms with Gasteiger partial charge in [-0.05, 0) is 56.8 Å². The van der Waals surface area contributed by atoms with Crippen LogP contribution in [0.5, 0.6) is 0 Å². The van der Waals surface area contributed by atoms with Gasteiger partial charge in [0.25, 0.3) is 0 Å². The molecule has 0 radical (unpaired) electrons. The molecule has 2 fully saturated rings. The lowest BCUT2D eigenvalue weighted by molar-refractivity contribution is -0.132. The van der Waals surface area contributed by atoms with Crippen LogP contribution in [0.15, 0.2) is 11.6 Å². The zero-order valence-corrected chi connectivity index (χ0v) is 16.3. The molecule has 6 heteroatoms. The summed E-state index contributed by atoms with van der Waals surface area (Å²) in [6.45, 7) is 5.05. The molecule has 2 aliphatic heterocycles. The summed E-state index contributed by atoms with van der Waals surface area (Å²) < 4.78 is 26.9. The van der Waals surface area contributed by atoms with Gasteiger partial charge in [-0.25, -0.2) is 8.42 Å². The molecule has 2 unspecified atom stereocenters. The summed E-state index contributed by atoms with van der Waals surface area (Å²) in [5.41, 5.74) is 1.32. The molecule has 0 aromatic rings. The van der Waals surface area contributed by atoms with Gasteiger partial charge in [0.15, 0.2) is 0 Å². The minimum atomic E-state index is -3.25. The molecule has 0 saturated carbocycles. The summed E-state index contributed by atoms with van der Waals surface area (Å²) in [4.78, 5) is 14.2. The lowest BCUT2D eigenvalue weighted by Gasteiger charge is -2.35. The predicted molar refractivity (Wildman–Crippen MR) is 99.6 cm³/mol. The number of nitrogens with zero attached hydrogens (tertiary/aromatic N) is 2. The van der Waals surface area contributed by atoms with E-state index in [-0.39, 0.29) is 11.7 Å². The molecule has 3 aliphatic rings. The Labute approximate surface area is 152 Å². The number of amides is 1. The maximum atomic E-state index is 12.6. The molecular formula is C19H32N2O3S. The topological polar surface area (TPSA) is 57.7 Å². The summed E-state index contributed by atoms with van der Waals surface area (Å²) in [5, 5.41) is 0. The second kappa shape index (κ2) is 8.21. The van der Waals surface area contributed by atoms with Crippen molar-refractivity contribution in [1.29, 1.82) is 0 Å². The standard InChI is InChI=1S/C19H32N2O3S/c1-16-6-4-11-20(14-16)19(22)9-5-13-25(23,24)21-12-10-17-7-2-3-8-18(17)15-21/h8,16-17H,2-7,9-15H2,1H3. The molecule has 142 valence electrons. The lowest BCUT2D eigenvalue weighted by atomic mass is 9.83. The Hall–Kier alpha value is -0.880. The number of piperidine rings is 2. The van der Waals surface area contributed by atoms with Gasteiger partial charge in [-0.2, -0.15) is 4.31 Å². The number of carbonyl (C=O) groups excluding carboxylic acids is 1. The van der Waals surface area contributed by atoms with Crippen molar-refractivity contribution in [3.05, 3.63) is 11.6 Å². The molecule has 0 N–H and O–H groups in total. The highest BCUT2D eigenvalue weighted by Crippen LogP contribution is 2.33. The van der Waals surface area contributed by atoms with Crippen LogP contribution in [0.3, 0.4) is 0 Å². The van der Waals surface area contributed by atoms with Crippen LogP contribution >= 0.6 is 0 Å². The van der Waals surface area contributed by atoms with E-state index in [1.165, 1.54) is 24.8 Å². The summed E-state index contributed by atoms with van der Waals surface area (Å²) in [6.07, 6.45) is 9.77. The van der Waals surface area contributed by atoms with Crippen molar-refractivity contribution in [3.63, 3.8) is 0 Å². The normalized spacial score (nSPS) is 28.4. The minimum absolute atomic E-state index is 0.0973. The Balaban J connectivity index is 1.47. The van der Waals surface area contributed by atoms with E-state index in [9.17, 15) is 13.2 Å². The molecule has 5 nitrogen and oxygen atoms in total. The maximum absolute atomic E-state index is 12.6. The van der Waals surface area contributed by atoms with E-state index in [0.29, 0.717) is 37.8 Å². The van der Waals surface area contributed by atoms with Crippen LogP contribution in [0.25, 0.3) is 0 Å². The van der Waals surface area contributed by atoms with Gasteiger partial charge in [-0.15, -0.1) is 0 Å². The van der Waals surface area contributed by atoms with Crippen LogP contribution < -0.4 is 0 Å². The van der Waals surface area contributed by atoms with Crippen LogP contribution in [0, 0.1) is 11.8 Å². The van der Waals surface area contributed by atoms with Gasteiger partial charge in [0.2, 0.25) is 15.9 Å². The smallest absolute Gasteiger partial charge is 0.222 e. The average Bonchev–Trinajstić information content (AvgIpc) is 2.61. The summed E-state index contributed by atoms with van der Waals surface area (Å²) in [5.74, 6) is 1.38. The van der Waals surface area contributed by atoms with Crippen LogP contribution in [0.2, 0.25) is 0 Å². The molecule has 0 bridgehead atoms. The molecule has 1 amide bonds. The molecule has 2 atom stereocenters. The van der Waals surface area contributed by atoms with Crippen molar-refractivity contribution in [3.8, 4) is 0 Å². The fourth-order valence-electron chi connectivity index (χ4n) is 4.46. The van der Waals surface area contributed by atoms with E-state index in [0.717, 1.165) is 32.4 Å². The van der Waals surface area contributed by atoms with Gasteiger partial charge in [-0.3, -0.25) is 4.79 Å². The van der Waals surface area contributed by atoms with Gasteiger partial charge >= 0.3 is 0 Å². The van der Waals surface area contributed by atoms with Crippen LogP contribution in [-0.4, -0.2) is 55.5 Å². The second-order valence-electron chi connectivity index (χ2n) is 8.04. The van der Waals surface area contributed by atoms with Gasteiger partial charge in [0.1, 0.15) is 0 Å². The van der Waals surface area contributed by atoms with Gasteiger partial charge in [-0.1, -0.05) is 18.6 Å². The molecule has 0 aromatic heterocycles. The predicted octanol–water partition coefficient (Wildman–Crippen LogP) is 2.79. The van der Waals surface area contributed by atoms with E-state index in [4.69, 9.17) is 0 Å². The monoisotopic (exact) mass is 368 g/mol. The first-order chi connectivity index (χ1) is 12.0. The van der Waals surface area contributed by atoms with Crippen LogP contribution in [0.1, 0.15) is 58.3 Å². The van der Waals surface area contributed by atoms with Crippen molar-refractivity contribution in [1.82, 2.24) is 9.21 Å². The summed E-state index contributed by atoms with van der Waals surface area (Å²) in [7, 11) is -3.25. The molecule has 3 rings (SSSR count). The third kappa shape index (κ3) is 4.85. The number of likely N-dealkylation sites (tertiary alicyclic amines) is 1. The first kappa shape index (κ1) is 18.9. The van der Waals surface area contributed by atoms with Crippen molar-refractivity contribution < 1.29 is 13.2 Å². The summed E-state index contributed by atoms with van der Waals surface area (Å²) in [6, 6.07) is 0. The highest BCUT2D eigenvalue weighted by Gasteiger charge is 2.31. The Bertz CT molecular complexity index is 614. The van der Waals surface area contributed by atoms with Gasteiger partial charge in [0.05, 0.1) is 5.75 Å². The number of hydrogen-bond donors (Lipinski definition) is 0. The van der Waals surface area contributed by atoms with Gasteiger partial charge in [0, 0.05) is 32.6 Å². The zero-order chi connectivity index (χ0) is 17.9. The van der Waals surface area contributed by atoms with Gasteiger partial charge < -0.3 is 4.90 Å². The Morgan fingerprint density at radius 1 is 1.20 bits per heavy atom. The molecular weight excluding hydrogens is 336 g/mol. The van der Waals surface area contributed by atoms with Crippen molar-refractivity contribution in [2.45, 2.75) is 58.3 Å². The highest BCUT2D eigenvalue weighted by molar-refractivity contribution is 7.89. The molecule has 2 heterocycles. The lowest BCUT2D eigenvalue weighted by Crippen LogP contribution is -2.42. The van der Waals surface area contributed by atoms with Crippen molar-refractivity contribution in [2.24, 2.45) is 11.8 Å². The number of sulfonamides is 1. The Morgan fingerprint density at radius 3 is 2.84 bits per heavy atom. The first-order valence-corrected chi connectivity index (χ1v) is 11.5. The molecule has 2 saturated heterocycles. The molecule has 0 spiro atoms. The molecule has 25 heavy (non-hydrogen) atoms. The van der Waals surface area contributed by atoms with E-state index in [1.54, 1.807) is 4.31 Å². The number of carbonyl (C=O) groups is 1. The number of rotatable bonds is 5. The number of fused-ring (bicyclic) bond motifs is 1. The zero-order valence-electron chi connectivity index (χ0n) is 15.5. The highest BCUT2D eigenvalue weighted by atomic mass is 32.2. The van der Waals surface area contributed by atoms with Crippen molar-refractivity contribution >= 4 is 15.9 Å². The van der Waals surface area contributed by atoms with Crippen LogP contribution in [0.4, 0.5) is 0 Å². The fourth-order valence-corrected chi connectivity index (χ4v) is 5.95. The Morgan fingerprint density at radius 2 is 2.04 bits per heavy atom. The quantitative estimate of drug-likeness (QED) is 0.701. The van der Waals surface area contributed by atoms with E-state index in [2.05, 4.69) is 13.0 Å². The third-order valence-corrected chi connectivity index (χ3v) is 7.87. The van der Waals surface area contributed by atoms with E-state index in [1.807, 2.05) is 4.90 Å². The largest absolute Gasteiger partial charge is 0.342 e. The fraction of sp³-hybridized carbons (Fsp3) is 0.842. The SMILES string of the molecule is CC1CCCN(C(=O)CCCS(=O)(=O)N2CCC3CCCC=C3C2)C1. The second-order valence-corrected chi connectivity index (χ2v) is 10.1. The number of hydrogen-bond acceptors (Lipinski definition) is 3. The number of allylic oxidation sites excluding steroid dienone is 1. The van der Waals surface area contributed by atoms with E-state index >= 15 is 0 Å².